The predicted octanol–water partition coefficient (Wildman–Crippen LogP) is 4.23. The molecule has 0 aromatic heterocycles. The zero-order valence-electron chi connectivity index (χ0n) is 13.7. The van der Waals surface area contributed by atoms with Crippen molar-refractivity contribution in [1.82, 2.24) is 10.2 Å². The van der Waals surface area contributed by atoms with Gasteiger partial charge < -0.3 is 5.32 Å². The van der Waals surface area contributed by atoms with Crippen molar-refractivity contribution < 1.29 is 0 Å². The Morgan fingerprint density at radius 3 is 2.19 bits per heavy atom. The van der Waals surface area contributed by atoms with E-state index in [9.17, 15) is 0 Å². The highest BCUT2D eigenvalue weighted by Crippen LogP contribution is 2.25. The van der Waals surface area contributed by atoms with Crippen molar-refractivity contribution >= 4 is 15.9 Å². The van der Waals surface area contributed by atoms with Crippen molar-refractivity contribution in [2.75, 3.05) is 20.1 Å². The van der Waals surface area contributed by atoms with Gasteiger partial charge in [0.1, 0.15) is 0 Å². The fourth-order valence-electron chi connectivity index (χ4n) is 3.43. The Morgan fingerprint density at radius 2 is 1.67 bits per heavy atom. The molecule has 118 valence electrons. The molecule has 1 aliphatic heterocycles. The van der Waals surface area contributed by atoms with Crippen molar-refractivity contribution in [1.29, 1.82) is 0 Å². The normalized spacial score (nSPS) is 19.2. The summed E-state index contributed by atoms with van der Waals surface area (Å²) >= 11 is 3.52. The van der Waals surface area contributed by atoms with Crippen LogP contribution in [-0.4, -0.2) is 36.6 Å². The Hall–Kier alpha value is -0.380. The fraction of sp³-hybridized carbons (Fsp3) is 0.667. The van der Waals surface area contributed by atoms with E-state index in [4.69, 9.17) is 0 Å². The average molecular weight is 353 g/mol. The van der Waals surface area contributed by atoms with Crippen molar-refractivity contribution in [2.24, 2.45) is 0 Å². The van der Waals surface area contributed by atoms with Gasteiger partial charge in [-0.1, -0.05) is 40.9 Å². The van der Waals surface area contributed by atoms with Crippen LogP contribution in [0.15, 0.2) is 28.7 Å². The lowest BCUT2D eigenvalue weighted by Gasteiger charge is -2.44. The molecule has 21 heavy (non-hydrogen) atoms. The SMILES string of the molecule is CNC(Cc1ccc(Br)cc1)C(C)(C)N1CCCCCC1. The molecule has 1 N–H and O–H groups in total. The molecule has 0 radical (unpaired) electrons. The first-order valence-corrected chi connectivity index (χ1v) is 9.00. The second kappa shape index (κ2) is 7.75. The molecular formula is C18H29BrN2. The molecule has 0 amide bonds. The smallest absolute Gasteiger partial charge is 0.0309 e. The van der Waals surface area contributed by atoms with E-state index < -0.39 is 0 Å². The van der Waals surface area contributed by atoms with Crippen LogP contribution in [0.4, 0.5) is 0 Å². The number of rotatable bonds is 5. The number of nitrogens with one attached hydrogen (secondary N) is 1. The van der Waals surface area contributed by atoms with Gasteiger partial charge in [0.25, 0.3) is 0 Å². The third-order valence-corrected chi connectivity index (χ3v) is 5.50. The minimum atomic E-state index is 0.187. The topological polar surface area (TPSA) is 15.3 Å². The molecular weight excluding hydrogens is 324 g/mol. The fourth-order valence-corrected chi connectivity index (χ4v) is 3.69. The number of nitrogens with zero attached hydrogens (tertiary/aromatic N) is 1. The largest absolute Gasteiger partial charge is 0.315 e. The molecule has 1 atom stereocenters. The van der Waals surface area contributed by atoms with Gasteiger partial charge in [-0.3, -0.25) is 4.90 Å². The lowest BCUT2D eigenvalue weighted by molar-refractivity contribution is 0.0865. The summed E-state index contributed by atoms with van der Waals surface area (Å²) in [4.78, 5) is 2.69. The number of benzene rings is 1. The van der Waals surface area contributed by atoms with Crippen LogP contribution in [0.5, 0.6) is 0 Å². The van der Waals surface area contributed by atoms with E-state index in [1.54, 1.807) is 0 Å². The molecule has 1 unspecified atom stereocenters. The van der Waals surface area contributed by atoms with Crippen molar-refractivity contribution in [3.63, 3.8) is 0 Å². The van der Waals surface area contributed by atoms with Crippen LogP contribution in [0.25, 0.3) is 0 Å². The third kappa shape index (κ3) is 4.54. The number of likely N-dealkylation sites (N-methyl/N-ethyl adjacent to an activating group) is 1. The first kappa shape index (κ1) is 17.0. The van der Waals surface area contributed by atoms with E-state index >= 15 is 0 Å². The van der Waals surface area contributed by atoms with E-state index in [0.29, 0.717) is 6.04 Å². The maximum Gasteiger partial charge on any atom is 0.0309 e. The van der Waals surface area contributed by atoms with Gasteiger partial charge in [-0.25, -0.2) is 0 Å². The summed E-state index contributed by atoms with van der Waals surface area (Å²) in [5, 5.41) is 3.57. The number of hydrogen-bond donors (Lipinski definition) is 1. The molecule has 0 saturated carbocycles. The first-order valence-electron chi connectivity index (χ1n) is 8.21. The highest BCUT2D eigenvalue weighted by molar-refractivity contribution is 9.10. The van der Waals surface area contributed by atoms with E-state index in [-0.39, 0.29) is 5.54 Å². The Kier molecular flexibility index (Phi) is 6.27. The van der Waals surface area contributed by atoms with Crippen LogP contribution < -0.4 is 5.32 Å². The summed E-state index contributed by atoms with van der Waals surface area (Å²) in [6.45, 7) is 7.29. The van der Waals surface area contributed by atoms with Gasteiger partial charge in [-0.2, -0.15) is 0 Å². The molecule has 1 aromatic rings. The minimum Gasteiger partial charge on any atom is -0.315 e. The van der Waals surface area contributed by atoms with E-state index in [1.807, 2.05) is 0 Å². The summed E-state index contributed by atoms with van der Waals surface area (Å²) in [6.07, 6.45) is 6.55. The van der Waals surface area contributed by atoms with Gasteiger partial charge in [0.2, 0.25) is 0 Å². The molecule has 3 heteroatoms. The summed E-state index contributed by atoms with van der Waals surface area (Å²) in [5.74, 6) is 0. The quantitative estimate of drug-likeness (QED) is 0.852. The summed E-state index contributed by atoms with van der Waals surface area (Å²) in [7, 11) is 2.10. The molecule has 2 nitrogen and oxygen atoms in total. The standard InChI is InChI=1S/C18H29BrN2/c1-18(2,21-12-6-4-5-7-13-21)17(20-3)14-15-8-10-16(19)11-9-15/h8-11,17,20H,4-7,12-14H2,1-3H3. The van der Waals surface area contributed by atoms with E-state index in [2.05, 4.69) is 71.3 Å². The van der Waals surface area contributed by atoms with Gasteiger partial charge in [0.15, 0.2) is 0 Å². The number of likely N-dealkylation sites (tertiary alicyclic amines) is 1. The second-order valence-electron chi connectivity index (χ2n) is 6.73. The predicted molar refractivity (Wildman–Crippen MR) is 94.8 cm³/mol. The zero-order valence-corrected chi connectivity index (χ0v) is 15.2. The summed E-state index contributed by atoms with van der Waals surface area (Å²) in [5.41, 5.74) is 1.59. The molecule has 1 saturated heterocycles. The van der Waals surface area contributed by atoms with Crippen molar-refractivity contribution in [3.8, 4) is 0 Å². The van der Waals surface area contributed by atoms with Gasteiger partial charge >= 0.3 is 0 Å². The van der Waals surface area contributed by atoms with Gasteiger partial charge in [0, 0.05) is 16.1 Å². The number of hydrogen-bond acceptors (Lipinski definition) is 2. The minimum absolute atomic E-state index is 0.187. The molecule has 0 spiro atoms. The van der Waals surface area contributed by atoms with Gasteiger partial charge in [0.05, 0.1) is 0 Å². The summed E-state index contributed by atoms with van der Waals surface area (Å²) < 4.78 is 1.15. The van der Waals surface area contributed by atoms with Crippen molar-refractivity contribution in [3.05, 3.63) is 34.3 Å². The lowest BCUT2D eigenvalue weighted by atomic mass is 9.87. The third-order valence-electron chi connectivity index (χ3n) is 4.98. The lowest BCUT2D eigenvalue weighted by Crippen LogP contribution is -2.58. The summed E-state index contributed by atoms with van der Waals surface area (Å²) in [6, 6.07) is 9.21. The Labute approximate surface area is 138 Å². The van der Waals surface area contributed by atoms with Gasteiger partial charge in [-0.05, 0) is 70.9 Å². The van der Waals surface area contributed by atoms with Crippen LogP contribution in [0.1, 0.15) is 45.1 Å². The zero-order chi connectivity index (χ0) is 15.3. The maximum atomic E-state index is 3.57. The molecule has 2 rings (SSSR count). The van der Waals surface area contributed by atoms with Crippen molar-refractivity contribution in [2.45, 2.75) is 57.5 Å². The maximum absolute atomic E-state index is 3.57. The monoisotopic (exact) mass is 352 g/mol. The van der Waals surface area contributed by atoms with Crippen LogP contribution in [-0.2, 0) is 6.42 Å². The Bertz CT molecular complexity index is 419. The Balaban J connectivity index is 2.08. The van der Waals surface area contributed by atoms with E-state index in [1.165, 1.54) is 44.3 Å². The molecule has 1 aliphatic rings. The highest BCUT2D eigenvalue weighted by atomic mass is 79.9. The second-order valence-corrected chi connectivity index (χ2v) is 7.64. The Morgan fingerprint density at radius 1 is 1.10 bits per heavy atom. The van der Waals surface area contributed by atoms with E-state index in [0.717, 1.165) is 10.9 Å². The molecule has 1 fully saturated rings. The highest BCUT2D eigenvalue weighted by Gasteiger charge is 2.34. The van der Waals surface area contributed by atoms with Crippen LogP contribution in [0.3, 0.4) is 0 Å². The average Bonchev–Trinajstić information content (AvgIpc) is 2.76. The van der Waals surface area contributed by atoms with Crippen LogP contribution in [0, 0.1) is 0 Å². The van der Waals surface area contributed by atoms with Crippen LogP contribution in [0.2, 0.25) is 0 Å². The molecule has 0 bridgehead atoms. The molecule has 1 heterocycles. The molecule has 1 aromatic carbocycles. The molecule has 0 aliphatic carbocycles. The van der Waals surface area contributed by atoms with Crippen LogP contribution >= 0.6 is 15.9 Å². The number of halogens is 1. The van der Waals surface area contributed by atoms with Gasteiger partial charge in [-0.15, -0.1) is 0 Å². The first-order chi connectivity index (χ1) is 10.0.